The Hall–Kier alpha value is -2.88. The number of rotatable bonds is 3. The molecule has 0 bridgehead atoms. The lowest BCUT2D eigenvalue weighted by Gasteiger charge is -2.33. The molecule has 126 valence electrons. The fourth-order valence-electron chi connectivity index (χ4n) is 3.48. The van der Waals surface area contributed by atoms with E-state index < -0.39 is 0 Å². The van der Waals surface area contributed by atoms with Gasteiger partial charge in [0.1, 0.15) is 5.82 Å². The van der Waals surface area contributed by atoms with E-state index >= 15 is 0 Å². The molecule has 2 heterocycles. The fourth-order valence-corrected chi connectivity index (χ4v) is 3.48. The molecule has 0 spiro atoms. The Bertz CT molecular complexity index is 865. The van der Waals surface area contributed by atoms with Gasteiger partial charge in [-0.25, -0.2) is 4.98 Å². The molecule has 0 radical (unpaired) electrons. The highest BCUT2D eigenvalue weighted by molar-refractivity contribution is 6.01. The number of anilines is 2. The van der Waals surface area contributed by atoms with Gasteiger partial charge in [0, 0.05) is 36.3 Å². The first-order chi connectivity index (χ1) is 12.3. The smallest absolute Gasteiger partial charge is 0.228 e. The second kappa shape index (κ2) is 6.93. The first-order valence-electron chi connectivity index (χ1n) is 8.76. The summed E-state index contributed by atoms with van der Waals surface area (Å²) in [5.74, 6) is 0.783. The molecule has 1 aliphatic heterocycles. The van der Waals surface area contributed by atoms with Crippen molar-refractivity contribution in [3.05, 3.63) is 66.9 Å². The summed E-state index contributed by atoms with van der Waals surface area (Å²) < 4.78 is 0. The molecule has 0 atom stereocenters. The zero-order valence-electron chi connectivity index (χ0n) is 14.1. The SMILES string of the molecule is O=C(Nc1nccc2ccccc12)C1CCN(c2ccccc2)CC1. The number of pyridine rings is 1. The molecule has 3 aromatic rings. The zero-order valence-corrected chi connectivity index (χ0v) is 14.1. The Balaban J connectivity index is 1.42. The maximum atomic E-state index is 12.7. The van der Waals surface area contributed by atoms with E-state index in [1.807, 2.05) is 36.4 Å². The third kappa shape index (κ3) is 3.33. The van der Waals surface area contributed by atoms with Crippen LogP contribution in [0, 0.1) is 5.92 Å². The van der Waals surface area contributed by atoms with Crippen LogP contribution in [0.2, 0.25) is 0 Å². The van der Waals surface area contributed by atoms with Gasteiger partial charge in [-0.2, -0.15) is 0 Å². The largest absolute Gasteiger partial charge is 0.371 e. The highest BCUT2D eigenvalue weighted by atomic mass is 16.1. The van der Waals surface area contributed by atoms with Crippen molar-refractivity contribution in [2.75, 3.05) is 23.3 Å². The number of carbonyl (C=O) groups is 1. The van der Waals surface area contributed by atoms with Crippen LogP contribution >= 0.6 is 0 Å². The summed E-state index contributed by atoms with van der Waals surface area (Å²) >= 11 is 0. The summed E-state index contributed by atoms with van der Waals surface area (Å²) in [6, 6.07) is 20.3. The van der Waals surface area contributed by atoms with Crippen molar-refractivity contribution >= 4 is 28.2 Å². The number of aromatic nitrogens is 1. The van der Waals surface area contributed by atoms with Gasteiger partial charge in [0.05, 0.1) is 0 Å². The Kier molecular flexibility index (Phi) is 4.34. The van der Waals surface area contributed by atoms with Crippen LogP contribution in [0.3, 0.4) is 0 Å². The topological polar surface area (TPSA) is 45.2 Å². The number of nitrogens with one attached hydrogen (secondary N) is 1. The Morgan fingerprint density at radius 2 is 1.68 bits per heavy atom. The van der Waals surface area contributed by atoms with Crippen molar-refractivity contribution in [3.63, 3.8) is 0 Å². The minimum Gasteiger partial charge on any atom is -0.371 e. The Morgan fingerprint density at radius 3 is 2.48 bits per heavy atom. The summed E-state index contributed by atoms with van der Waals surface area (Å²) in [6.07, 6.45) is 3.48. The van der Waals surface area contributed by atoms with E-state index in [1.54, 1.807) is 6.20 Å². The van der Waals surface area contributed by atoms with Crippen LogP contribution in [0.5, 0.6) is 0 Å². The van der Waals surface area contributed by atoms with E-state index in [-0.39, 0.29) is 11.8 Å². The van der Waals surface area contributed by atoms with Crippen LogP contribution < -0.4 is 10.2 Å². The van der Waals surface area contributed by atoms with Crippen LogP contribution in [0.25, 0.3) is 10.8 Å². The van der Waals surface area contributed by atoms with Gasteiger partial charge < -0.3 is 10.2 Å². The quantitative estimate of drug-likeness (QED) is 0.786. The summed E-state index contributed by atoms with van der Waals surface area (Å²) in [4.78, 5) is 19.4. The first-order valence-corrected chi connectivity index (χ1v) is 8.76. The molecule has 1 aliphatic rings. The second-order valence-corrected chi connectivity index (χ2v) is 6.47. The molecule has 25 heavy (non-hydrogen) atoms. The minimum atomic E-state index is 0.0423. The maximum Gasteiger partial charge on any atom is 0.228 e. The number of nitrogens with zero attached hydrogens (tertiary/aromatic N) is 2. The molecule has 2 aromatic carbocycles. The summed E-state index contributed by atoms with van der Waals surface area (Å²) in [5, 5.41) is 5.12. The van der Waals surface area contributed by atoms with Crippen LogP contribution in [-0.4, -0.2) is 24.0 Å². The molecule has 0 unspecified atom stereocenters. The number of piperidine rings is 1. The van der Waals surface area contributed by atoms with Gasteiger partial charge in [0.15, 0.2) is 0 Å². The van der Waals surface area contributed by atoms with Crippen molar-refractivity contribution in [2.24, 2.45) is 5.92 Å². The summed E-state index contributed by atoms with van der Waals surface area (Å²) in [5.41, 5.74) is 1.23. The molecule has 1 amide bonds. The number of fused-ring (bicyclic) bond motifs is 1. The lowest BCUT2D eigenvalue weighted by Crippen LogP contribution is -2.38. The standard InChI is InChI=1S/C21H21N3O/c25-21(23-20-19-9-5-4-6-16(19)10-13-22-20)17-11-14-24(15-12-17)18-7-2-1-3-8-18/h1-10,13,17H,11-12,14-15H2,(H,22,23,25). The van der Waals surface area contributed by atoms with Crippen LogP contribution in [-0.2, 0) is 4.79 Å². The Labute approximate surface area is 147 Å². The molecule has 0 saturated carbocycles. The zero-order chi connectivity index (χ0) is 17.1. The van der Waals surface area contributed by atoms with Crippen molar-refractivity contribution < 1.29 is 4.79 Å². The monoisotopic (exact) mass is 331 g/mol. The first kappa shape index (κ1) is 15.6. The van der Waals surface area contributed by atoms with E-state index in [2.05, 4.69) is 39.5 Å². The van der Waals surface area contributed by atoms with Gasteiger partial charge in [0.25, 0.3) is 0 Å². The van der Waals surface area contributed by atoms with Crippen LogP contribution in [0.15, 0.2) is 66.9 Å². The number of hydrogen-bond donors (Lipinski definition) is 1. The molecular formula is C21H21N3O. The van der Waals surface area contributed by atoms with Gasteiger partial charge >= 0.3 is 0 Å². The lowest BCUT2D eigenvalue weighted by molar-refractivity contribution is -0.120. The fraction of sp³-hybridized carbons (Fsp3) is 0.238. The van der Waals surface area contributed by atoms with Crippen molar-refractivity contribution in [1.82, 2.24) is 4.98 Å². The molecule has 1 N–H and O–H groups in total. The average Bonchev–Trinajstić information content (AvgIpc) is 2.69. The van der Waals surface area contributed by atoms with Crippen molar-refractivity contribution in [2.45, 2.75) is 12.8 Å². The molecular weight excluding hydrogens is 310 g/mol. The third-order valence-corrected chi connectivity index (χ3v) is 4.90. The molecule has 1 fully saturated rings. The number of amides is 1. The summed E-state index contributed by atoms with van der Waals surface area (Å²) in [6.45, 7) is 1.82. The van der Waals surface area contributed by atoms with Crippen LogP contribution in [0.1, 0.15) is 12.8 Å². The minimum absolute atomic E-state index is 0.0423. The van der Waals surface area contributed by atoms with Gasteiger partial charge in [-0.15, -0.1) is 0 Å². The van der Waals surface area contributed by atoms with Gasteiger partial charge in [-0.1, -0.05) is 42.5 Å². The highest BCUT2D eigenvalue weighted by Crippen LogP contribution is 2.25. The van der Waals surface area contributed by atoms with Crippen molar-refractivity contribution in [3.8, 4) is 0 Å². The van der Waals surface area contributed by atoms with Gasteiger partial charge in [0.2, 0.25) is 5.91 Å². The molecule has 1 saturated heterocycles. The average molecular weight is 331 g/mol. The van der Waals surface area contributed by atoms with E-state index in [1.165, 1.54) is 5.69 Å². The molecule has 4 nitrogen and oxygen atoms in total. The van der Waals surface area contributed by atoms with Crippen LogP contribution in [0.4, 0.5) is 11.5 Å². The van der Waals surface area contributed by atoms with Gasteiger partial charge in [-0.05, 0) is 36.4 Å². The summed E-state index contributed by atoms with van der Waals surface area (Å²) in [7, 11) is 0. The highest BCUT2D eigenvalue weighted by Gasteiger charge is 2.25. The normalized spacial score (nSPS) is 15.3. The molecule has 0 aliphatic carbocycles. The lowest BCUT2D eigenvalue weighted by atomic mass is 9.95. The number of para-hydroxylation sites is 1. The maximum absolute atomic E-state index is 12.7. The van der Waals surface area contributed by atoms with E-state index in [4.69, 9.17) is 0 Å². The van der Waals surface area contributed by atoms with E-state index in [9.17, 15) is 4.79 Å². The third-order valence-electron chi connectivity index (χ3n) is 4.90. The van der Waals surface area contributed by atoms with E-state index in [0.717, 1.165) is 36.7 Å². The second-order valence-electron chi connectivity index (χ2n) is 6.47. The number of carbonyl (C=O) groups excluding carboxylic acids is 1. The molecule has 4 rings (SSSR count). The number of benzene rings is 2. The van der Waals surface area contributed by atoms with Crippen molar-refractivity contribution in [1.29, 1.82) is 0 Å². The number of hydrogen-bond acceptors (Lipinski definition) is 3. The predicted molar refractivity (Wildman–Crippen MR) is 102 cm³/mol. The Morgan fingerprint density at radius 1 is 0.960 bits per heavy atom. The van der Waals surface area contributed by atoms with E-state index in [0.29, 0.717) is 5.82 Å². The van der Waals surface area contributed by atoms with Gasteiger partial charge in [-0.3, -0.25) is 4.79 Å². The molecule has 4 heteroatoms. The predicted octanol–water partition coefficient (Wildman–Crippen LogP) is 4.09. The molecule has 1 aromatic heterocycles.